The van der Waals surface area contributed by atoms with Crippen LogP contribution in [-0.2, 0) is 6.42 Å². The third-order valence-electron chi connectivity index (χ3n) is 3.72. The fourth-order valence-corrected chi connectivity index (χ4v) is 2.68. The third kappa shape index (κ3) is 3.44. The van der Waals surface area contributed by atoms with E-state index >= 15 is 0 Å². The molecule has 0 aliphatic rings. The minimum atomic E-state index is -0.542. The lowest BCUT2D eigenvalue weighted by Crippen LogP contribution is -2.03. The molecule has 0 aliphatic heterocycles. The lowest BCUT2D eigenvalue weighted by Gasteiger charge is -2.03. The van der Waals surface area contributed by atoms with Crippen molar-refractivity contribution in [1.82, 2.24) is 4.98 Å². The van der Waals surface area contributed by atoms with E-state index in [2.05, 4.69) is 4.98 Å². The van der Waals surface area contributed by atoms with E-state index in [1.54, 1.807) is 36.4 Å². The monoisotopic (exact) mass is 356 g/mol. The Balaban J connectivity index is 2.06. The van der Waals surface area contributed by atoms with E-state index in [-0.39, 0.29) is 16.6 Å². The van der Waals surface area contributed by atoms with Crippen LogP contribution in [-0.4, -0.2) is 9.91 Å². The number of nitrogens with zero attached hydrogens (tertiary/aromatic N) is 2. The first-order chi connectivity index (χ1) is 12.0. The number of hydrogen-bond acceptors (Lipinski definition) is 5. The number of aromatic nitrogens is 1. The highest BCUT2D eigenvalue weighted by molar-refractivity contribution is 6.50. The molecule has 0 radical (unpaired) electrons. The van der Waals surface area contributed by atoms with Gasteiger partial charge in [-0.3, -0.25) is 10.1 Å². The molecule has 0 saturated carbocycles. The first kappa shape index (κ1) is 16.9. The highest BCUT2D eigenvalue weighted by Gasteiger charge is 2.14. The number of aryl methyl sites for hydroxylation is 1. The molecule has 0 N–H and O–H groups in total. The van der Waals surface area contributed by atoms with Gasteiger partial charge in [0, 0.05) is 11.6 Å². The second kappa shape index (κ2) is 6.86. The topological polar surface area (TPSA) is 86.2 Å². The van der Waals surface area contributed by atoms with Gasteiger partial charge < -0.3 is 4.42 Å². The van der Waals surface area contributed by atoms with Crippen molar-refractivity contribution in [1.29, 1.82) is 0 Å². The summed E-state index contributed by atoms with van der Waals surface area (Å²) < 4.78 is 5.15. The van der Waals surface area contributed by atoms with Crippen LogP contribution in [0.2, 0.25) is 0 Å². The first-order valence-electron chi connectivity index (χ1n) is 7.54. The van der Waals surface area contributed by atoms with Gasteiger partial charge in [0.15, 0.2) is 0 Å². The summed E-state index contributed by atoms with van der Waals surface area (Å²) in [6.07, 6.45) is 2.03. The lowest BCUT2D eigenvalue weighted by atomic mass is 10.1. The molecule has 7 heteroatoms. The summed E-state index contributed by atoms with van der Waals surface area (Å²) in [6, 6.07) is 11.6. The number of benzene rings is 2. The second-order valence-electron chi connectivity index (χ2n) is 5.31. The fourth-order valence-electron chi connectivity index (χ4n) is 2.47. The first-order valence-corrected chi connectivity index (χ1v) is 7.92. The van der Waals surface area contributed by atoms with Gasteiger partial charge in [-0.2, -0.15) is 0 Å². The normalized spacial score (nSPS) is 11.7. The molecule has 126 valence electrons. The molecule has 3 aromatic rings. The van der Waals surface area contributed by atoms with E-state index in [9.17, 15) is 14.9 Å². The van der Waals surface area contributed by atoms with Gasteiger partial charge in [-0.05, 0) is 30.2 Å². The molecule has 0 unspecified atom stereocenters. The van der Waals surface area contributed by atoms with Crippen molar-refractivity contribution in [3.05, 3.63) is 80.0 Å². The standard InChI is InChI=1S/C18H13ClN2O4/c1-2-12-8-7-11(10-16(12)21(23)24)9-14(19)17-20-15-6-4-3-5-13(15)18(22)25-17/h3-10H,2H2,1H3/b14-9-. The van der Waals surface area contributed by atoms with Crippen molar-refractivity contribution in [2.45, 2.75) is 13.3 Å². The fraction of sp³-hybridized carbons (Fsp3) is 0.111. The smallest absolute Gasteiger partial charge is 0.347 e. The van der Waals surface area contributed by atoms with Gasteiger partial charge in [-0.1, -0.05) is 42.8 Å². The predicted molar refractivity (Wildman–Crippen MR) is 96.5 cm³/mol. The number of nitro benzene ring substituents is 1. The van der Waals surface area contributed by atoms with Crippen LogP contribution in [0.15, 0.2) is 51.7 Å². The van der Waals surface area contributed by atoms with E-state index in [1.807, 2.05) is 6.92 Å². The maximum absolute atomic E-state index is 12.0. The van der Waals surface area contributed by atoms with Gasteiger partial charge in [0.1, 0.15) is 5.03 Å². The average Bonchev–Trinajstić information content (AvgIpc) is 2.61. The van der Waals surface area contributed by atoms with Crippen LogP contribution in [0.25, 0.3) is 22.0 Å². The predicted octanol–water partition coefficient (Wildman–Crippen LogP) is 4.40. The van der Waals surface area contributed by atoms with E-state index in [1.165, 1.54) is 12.1 Å². The Morgan fingerprint density at radius 2 is 2.08 bits per heavy atom. The van der Waals surface area contributed by atoms with Gasteiger partial charge >= 0.3 is 5.63 Å². The van der Waals surface area contributed by atoms with E-state index in [0.29, 0.717) is 28.5 Å². The van der Waals surface area contributed by atoms with Crippen molar-refractivity contribution >= 4 is 39.3 Å². The molecule has 6 nitrogen and oxygen atoms in total. The zero-order valence-corrected chi connectivity index (χ0v) is 14.0. The number of nitro groups is 1. The van der Waals surface area contributed by atoms with Gasteiger partial charge in [-0.15, -0.1) is 0 Å². The molecule has 0 atom stereocenters. The summed E-state index contributed by atoms with van der Waals surface area (Å²) in [5, 5.41) is 11.6. The van der Waals surface area contributed by atoms with Crippen LogP contribution in [0.4, 0.5) is 5.69 Å². The highest BCUT2D eigenvalue weighted by atomic mass is 35.5. The van der Waals surface area contributed by atoms with Crippen LogP contribution in [0.3, 0.4) is 0 Å². The van der Waals surface area contributed by atoms with E-state index < -0.39 is 10.5 Å². The SMILES string of the molecule is CCc1ccc(/C=C(\Cl)c2nc3ccccc3c(=O)o2)cc1[N+](=O)[O-]. The van der Waals surface area contributed by atoms with Crippen molar-refractivity contribution < 1.29 is 9.34 Å². The Kier molecular flexibility index (Phi) is 4.63. The van der Waals surface area contributed by atoms with Crippen LogP contribution in [0.5, 0.6) is 0 Å². The molecule has 0 amide bonds. The van der Waals surface area contributed by atoms with Gasteiger partial charge in [0.2, 0.25) is 5.89 Å². The van der Waals surface area contributed by atoms with Gasteiger partial charge in [0.25, 0.3) is 5.69 Å². The van der Waals surface area contributed by atoms with E-state index in [4.69, 9.17) is 16.0 Å². The molecule has 1 aromatic heterocycles. The maximum Gasteiger partial charge on any atom is 0.347 e. The Bertz CT molecular complexity index is 1060. The molecule has 0 fully saturated rings. The van der Waals surface area contributed by atoms with Crippen LogP contribution in [0.1, 0.15) is 23.9 Å². The summed E-state index contributed by atoms with van der Waals surface area (Å²) in [5.41, 5.74) is 1.10. The summed E-state index contributed by atoms with van der Waals surface area (Å²) in [7, 11) is 0. The van der Waals surface area contributed by atoms with Crippen molar-refractivity contribution in [2.24, 2.45) is 0 Å². The molecular formula is C18H13ClN2O4. The Morgan fingerprint density at radius 3 is 2.80 bits per heavy atom. The molecule has 2 aromatic carbocycles. The number of fused-ring (bicyclic) bond motifs is 1. The summed E-state index contributed by atoms with van der Waals surface area (Å²) >= 11 is 6.21. The van der Waals surface area contributed by atoms with Crippen LogP contribution >= 0.6 is 11.6 Å². The molecular weight excluding hydrogens is 344 g/mol. The second-order valence-corrected chi connectivity index (χ2v) is 5.72. The maximum atomic E-state index is 12.0. The lowest BCUT2D eigenvalue weighted by molar-refractivity contribution is -0.385. The van der Waals surface area contributed by atoms with Crippen molar-refractivity contribution in [3.63, 3.8) is 0 Å². The summed E-state index contributed by atoms with van der Waals surface area (Å²) in [6.45, 7) is 1.85. The summed E-state index contributed by atoms with van der Waals surface area (Å²) in [5.74, 6) is -0.0346. The number of para-hydroxylation sites is 1. The minimum absolute atomic E-state index is 0.0219. The Hall–Kier alpha value is -2.99. The van der Waals surface area contributed by atoms with Crippen molar-refractivity contribution in [3.8, 4) is 0 Å². The third-order valence-corrected chi connectivity index (χ3v) is 3.99. The molecule has 3 rings (SSSR count). The average molecular weight is 357 g/mol. The van der Waals surface area contributed by atoms with Gasteiger partial charge in [0.05, 0.1) is 15.8 Å². The Labute approximate surface area is 147 Å². The minimum Gasteiger partial charge on any atom is -0.402 e. The zero-order chi connectivity index (χ0) is 18.0. The number of hydrogen-bond donors (Lipinski definition) is 0. The van der Waals surface area contributed by atoms with E-state index in [0.717, 1.165) is 0 Å². The zero-order valence-electron chi connectivity index (χ0n) is 13.2. The molecule has 0 saturated heterocycles. The number of rotatable bonds is 4. The quantitative estimate of drug-likeness (QED) is 0.511. The largest absolute Gasteiger partial charge is 0.402 e. The molecule has 25 heavy (non-hydrogen) atoms. The summed E-state index contributed by atoms with van der Waals surface area (Å²) in [4.78, 5) is 27.0. The molecule has 1 heterocycles. The van der Waals surface area contributed by atoms with Gasteiger partial charge in [-0.25, -0.2) is 9.78 Å². The Morgan fingerprint density at radius 1 is 1.32 bits per heavy atom. The molecule has 0 bridgehead atoms. The number of halogens is 1. The highest BCUT2D eigenvalue weighted by Crippen LogP contribution is 2.26. The van der Waals surface area contributed by atoms with Crippen LogP contribution in [0, 0.1) is 10.1 Å². The molecule has 0 aliphatic carbocycles. The van der Waals surface area contributed by atoms with Crippen LogP contribution < -0.4 is 5.63 Å². The molecule has 0 spiro atoms. The van der Waals surface area contributed by atoms with Crippen molar-refractivity contribution in [2.75, 3.05) is 0 Å².